The predicted molar refractivity (Wildman–Crippen MR) is 154 cm³/mol. The fraction of sp³-hybridized carbons (Fsp3) is 0.355. The zero-order valence-electron chi connectivity index (χ0n) is 22.3. The Hall–Kier alpha value is -4.00. The van der Waals surface area contributed by atoms with Crippen molar-refractivity contribution in [1.82, 2.24) is 15.6 Å². The van der Waals surface area contributed by atoms with Crippen molar-refractivity contribution in [2.24, 2.45) is 0 Å². The number of nitrogens with zero attached hydrogens (tertiary/aromatic N) is 1. The number of carbonyl (C=O) groups excluding carboxylic acids is 2. The number of amides is 2. The smallest absolute Gasteiger partial charge is 0.328 e. The van der Waals surface area contributed by atoms with Crippen LogP contribution in [0.1, 0.15) is 68.6 Å². The SMILES string of the molecule is CC/C=C\C/C=C\C/C=C\C/C=C\C/C=C\C/C=C\CCC(=O)NCC(NC(=O)c1cccnc1)C(=O)O. The molecule has 0 bridgehead atoms. The molecule has 1 unspecified atom stereocenters. The molecule has 0 saturated carbocycles. The van der Waals surface area contributed by atoms with Gasteiger partial charge in [0, 0.05) is 25.4 Å². The summed E-state index contributed by atoms with van der Waals surface area (Å²) in [6.07, 6.45) is 34.8. The minimum atomic E-state index is -1.22. The van der Waals surface area contributed by atoms with Crippen molar-refractivity contribution in [3.63, 3.8) is 0 Å². The summed E-state index contributed by atoms with van der Waals surface area (Å²) in [5.74, 6) is -2.05. The van der Waals surface area contributed by atoms with Gasteiger partial charge >= 0.3 is 5.97 Å². The minimum Gasteiger partial charge on any atom is -0.480 e. The molecule has 2 amide bonds. The van der Waals surface area contributed by atoms with E-state index in [0.717, 1.165) is 38.5 Å². The first kappa shape index (κ1) is 32.0. The Morgan fingerprint density at radius 2 is 1.37 bits per heavy atom. The first-order valence-electron chi connectivity index (χ1n) is 13.1. The molecule has 0 fully saturated rings. The van der Waals surface area contributed by atoms with Gasteiger partial charge in [0.1, 0.15) is 6.04 Å². The number of pyridine rings is 1. The fourth-order valence-corrected chi connectivity index (χ4v) is 3.10. The quantitative estimate of drug-likeness (QED) is 0.198. The van der Waals surface area contributed by atoms with Crippen molar-refractivity contribution in [2.75, 3.05) is 6.54 Å². The van der Waals surface area contributed by atoms with Gasteiger partial charge in [0.2, 0.25) is 5.91 Å². The van der Waals surface area contributed by atoms with Gasteiger partial charge in [-0.25, -0.2) is 4.79 Å². The van der Waals surface area contributed by atoms with Crippen LogP contribution in [0.2, 0.25) is 0 Å². The van der Waals surface area contributed by atoms with Crippen LogP contribution in [0.15, 0.2) is 97.4 Å². The van der Waals surface area contributed by atoms with Crippen molar-refractivity contribution in [3.8, 4) is 0 Å². The number of carboxylic acids is 1. The molecule has 0 radical (unpaired) electrons. The van der Waals surface area contributed by atoms with Crippen LogP contribution >= 0.6 is 0 Å². The summed E-state index contributed by atoms with van der Waals surface area (Å²) in [7, 11) is 0. The van der Waals surface area contributed by atoms with Gasteiger partial charge in [0.05, 0.1) is 5.56 Å². The number of nitrogens with one attached hydrogen (secondary N) is 2. The number of hydrogen-bond donors (Lipinski definition) is 3. The van der Waals surface area contributed by atoms with Crippen LogP contribution in [0.5, 0.6) is 0 Å². The number of aromatic nitrogens is 1. The highest BCUT2D eigenvalue weighted by Crippen LogP contribution is 1.99. The third-order valence-corrected chi connectivity index (χ3v) is 5.17. The normalized spacial score (nSPS) is 13.0. The molecule has 204 valence electrons. The topological polar surface area (TPSA) is 108 Å². The second-order valence-corrected chi connectivity index (χ2v) is 8.36. The van der Waals surface area contributed by atoms with E-state index in [1.54, 1.807) is 6.07 Å². The van der Waals surface area contributed by atoms with E-state index in [0.29, 0.717) is 6.42 Å². The molecule has 38 heavy (non-hydrogen) atoms. The number of rotatable bonds is 19. The van der Waals surface area contributed by atoms with E-state index >= 15 is 0 Å². The highest BCUT2D eigenvalue weighted by Gasteiger charge is 2.21. The third-order valence-electron chi connectivity index (χ3n) is 5.17. The lowest BCUT2D eigenvalue weighted by Gasteiger charge is -2.15. The van der Waals surface area contributed by atoms with Gasteiger partial charge in [-0.2, -0.15) is 0 Å². The number of carboxylic acid groups (broad SMARTS) is 1. The first-order valence-corrected chi connectivity index (χ1v) is 13.1. The van der Waals surface area contributed by atoms with Crippen LogP contribution < -0.4 is 10.6 Å². The molecule has 3 N–H and O–H groups in total. The lowest BCUT2D eigenvalue weighted by molar-refractivity contribution is -0.139. The van der Waals surface area contributed by atoms with Gasteiger partial charge in [-0.3, -0.25) is 14.6 Å². The fourth-order valence-electron chi connectivity index (χ4n) is 3.10. The maximum atomic E-state index is 12.1. The van der Waals surface area contributed by atoms with Crippen molar-refractivity contribution in [1.29, 1.82) is 0 Å². The predicted octanol–water partition coefficient (Wildman–Crippen LogP) is 5.86. The highest BCUT2D eigenvalue weighted by molar-refractivity contribution is 5.96. The van der Waals surface area contributed by atoms with E-state index in [1.807, 2.05) is 12.2 Å². The molecular weight excluding hydrogens is 478 g/mol. The second kappa shape index (κ2) is 22.2. The summed E-state index contributed by atoms with van der Waals surface area (Å²) in [5.41, 5.74) is 0.253. The Bertz CT molecular complexity index is 992. The van der Waals surface area contributed by atoms with Crippen LogP contribution in [-0.4, -0.2) is 40.5 Å². The zero-order chi connectivity index (χ0) is 27.7. The summed E-state index contributed by atoms with van der Waals surface area (Å²) in [6.45, 7) is 1.95. The maximum absolute atomic E-state index is 12.1. The third kappa shape index (κ3) is 17.4. The molecule has 1 heterocycles. The Morgan fingerprint density at radius 1 is 0.842 bits per heavy atom. The van der Waals surface area contributed by atoms with E-state index in [2.05, 4.69) is 83.3 Å². The molecule has 7 heteroatoms. The standard InChI is InChI=1S/C31H41N3O4/c1-2-3-4-5-6-7-8-9-10-11-12-13-14-15-16-17-18-19-20-23-29(35)33-26-28(31(37)38)34-30(36)27-22-21-24-32-25-27/h3-4,6-7,9-10,12-13,15-16,18-19,21-22,24-25,28H,2,5,8,11,14,17,20,23,26H2,1H3,(H,33,35)(H,34,36)(H,37,38)/b4-3-,7-6-,10-9-,13-12-,16-15-,19-18-. The molecule has 0 aromatic carbocycles. The number of allylic oxidation sites excluding steroid dienone is 12. The van der Waals surface area contributed by atoms with Gasteiger partial charge < -0.3 is 15.7 Å². The van der Waals surface area contributed by atoms with Crippen LogP contribution in [0.3, 0.4) is 0 Å². The van der Waals surface area contributed by atoms with Crippen LogP contribution in [0.25, 0.3) is 0 Å². The van der Waals surface area contributed by atoms with E-state index in [1.165, 1.54) is 18.5 Å². The summed E-state index contributed by atoms with van der Waals surface area (Å²) in [5, 5.41) is 14.3. The summed E-state index contributed by atoms with van der Waals surface area (Å²) < 4.78 is 0. The van der Waals surface area contributed by atoms with E-state index in [9.17, 15) is 19.5 Å². The monoisotopic (exact) mass is 519 g/mol. The largest absolute Gasteiger partial charge is 0.480 e. The summed E-state index contributed by atoms with van der Waals surface area (Å²) in [6, 6.07) is 1.89. The second-order valence-electron chi connectivity index (χ2n) is 8.36. The Morgan fingerprint density at radius 3 is 1.84 bits per heavy atom. The molecule has 0 aliphatic carbocycles. The van der Waals surface area contributed by atoms with E-state index in [-0.39, 0.29) is 24.4 Å². The van der Waals surface area contributed by atoms with Gasteiger partial charge in [-0.15, -0.1) is 0 Å². The Kier molecular flexibility index (Phi) is 18.7. The summed E-state index contributed by atoms with van der Waals surface area (Å²) in [4.78, 5) is 39.4. The number of carbonyl (C=O) groups is 3. The lowest BCUT2D eigenvalue weighted by Crippen LogP contribution is -2.48. The molecule has 7 nitrogen and oxygen atoms in total. The van der Waals surface area contributed by atoms with Crippen molar-refractivity contribution < 1.29 is 19.5 Å². The summed E-state index contributed by atoms with van der Waals surface area (Å²) >= 11 is 0. The molecule has 0 saturated heterocycles. The molecule has 0 aliphatic heterocycles. The van der Waals surface area contributed by atoms with Gasteiger partial charge in [0.25, 0.3) is 5.91 Å². The van der Waals surface area contributed by atoms with Crippen molar-refractivity contribution in [3.05, 3.63) is 103 Å². The lowest BCUT2D eigenvalue weighted by atomic mass is 10.2. The molecule has 0 spiro atoms. The van der Waals surface area contributed by atoms with Gasteiger partial charge in [0.15, 0.2) is 0 Å². The number of aliphatic carboxylic acids is 1. The highest BCUT2D eigenvalue weighted by atomic mass is 16.4. The minimum absolute atomic E-state index is 0.191. The molecule has 1 aromatic heterocycles. The Labute approximate surface area is 226 Å². The zero-order valence-corrected chi connectivity index (χ0v) is 22.3. The van der Waals surface area contributed by atoms with Crippen molar-refractivity contribution >= 4 is 17.8 Å². The maximum Gasteiger partial charge on any atom is 0.328 e. The average Bonchev–Trinajstić information content (AvgIpc) is 2.92. The molecule has 1 rings (SSSR count). The van der Waals surface area contributed by atoms with E-state index in [4.69, 9.17) is 0 Å². The van der Waals surface area contributed by atoms with E-state index < -0.39 is 17.9 Å². The van der Waals surface area contributed by atoms with Crippen molar-refractivity contribution in [2.45, 2.75) is 64.3 Å². The molecule has 1 atom stereocenters. The van der Waals surface area contributed by atoms with Crippen LogP contribution in [-0.2, 0) is 9.59 Å². The molecular formula is C31H41N3O4. The van der Waals surface area contributed by atoms with Crippen LogP contribution in [0, 0.1) is 0 Å². The van der Waals surface area contributed by atoms with Gasteiger partial charge in [-0.05, 0) is 57.1 Å². The first-order chi connectivity index (χ1) is 18.5. The van der Waals surface area contributed by atoms with Crippen LogP contribution in [0.4, 0.5) is 0 Å². The average molecular weight is 520 g/mol. The number of hydrogen-bond acceptors (Lipinski definition) is 4. The molecule has 1 aromatic rings. The molecule has 0 aliphatic rings. The van der Waals surface area contributed by atoms with Gasteiger partial charge in [-0.1, -0.05) is 79.8 Å². The Balaban J connectivity index is 2.12.